The Hall–Kier alpha value is -9.07. The number of amidine groups is 2. The maximum Gasteiger partial charge on any atom is 0.257 e. The second-order valence-corrected chi connectivity index (χ2v) is 25.5. The highest BCUT2D eigenvalue weighted by atomic mass is 79.9. The Morgan fingerprint density at radius 1 is 0.515 bits per heavy atom. The molecule has 97 heavy (non-hydrogen) atoms. The molecule has 7 N–H and O–H groups in total. The van der Waals surface area contributed by atoms with E-state index in [1.54, 1.807) is 133 Å². The minimum Gasteiger partial charge on any atom is -0.391 e. The van der Waals surface area contributed by atoms with Crippen LogP contribution in [-0.4, -0.2) is 124 Å². The SMILES string of the molecule is CN1CCN=C1c1ccc(C(=O)Cc2c(Cl)cc(Cl)cc2C(=O)Nc2ccc(Cl)cn2)cc1.N=C(ON)c1ccc(C(=O)Cc2ccc(Br)cc2C(=O)Nc2ccc(Cl)cn2)cc1.N=C(c1ccc(C(=O)Cc2ccc(Br)cc2C(=O)Nc2ccc(Cl)cn2)cc1)N1CCOCC1. The van der Waals surface area contributed by atoms with E-state index < -0.39 is 11.8 Å². The summed E-state index contributed by atoms with van der Waals surface area (Å²) in [7, 11) is 1.99. The van der Waals surface area contributed by atoms with Crippen LogP contribution in [0.2, 0.25) is 25.1 Å². The van der Waals surface area contributed by atoms with Crippen LogP contribution in [0, 0.1) is 10.8 Å². The Kier molecular flexibility index (Phi) is 25.5. The van der Waals surface area contributed by atoms with E-state index in [9.17, 15) is 28.8 Å². The van der Waals surface area contributed by atoms with Crippen molar-refractivity contribution in [1.29, 1.82) is 10.8 Å². The number of hydrogen-bond donors (Lipinski definition) is 6. The molecular weight excluding hydrogens is 1470 g/mol. The van der Waals surface area contributed by atoms with Crippen molar-refractivity contribution in [3.05, 3.63) is 277 Å². The Balaban J connectivity index is 0.000000171. The van der Waals surface area contributed by atoms with E-state index in [0.717, 1.165) is 34.5 Å². The molecule has 27 heteroatoms. The van der Waals surface area contributed by atoms with Crippen molar-refractivity contribution in [2.24, 2.45) is 10.9 Å². The summed E-state index contributed by atoms with van der Waals surface area (Å²) >= 11 is 36.8. The molecule has 0 bridgehead atoms. The molecule has 494 valence electrons. The minimum absolute atomic E-state index is 0.0221. The van der Waals surface area contributed by atoms with Gasteiger partial charge in [0.1, 0.15) is 29.1 Å². The first-order chi connectivity index (χ1) is 46.6. The number of carbonyl (C=O) groups is 6. The molecule has 3 amide bonds. The molecule has 0 aliphatic carbocycles. The van der Waals surface area contributed by atoms with E-state index in [0.29, 0.717) is 119 Å². The highest BCUT2D eigenvalue weighted by Gasteiger charge is 2.24. The third-order valence-corrected chi connectivity index (χ3v) is 17.1. The van der Waals surface area contributed by atoms with Gasteiger partial charge in [0, 0.05) is 134 Å². The van der Waals surface area contributed by atoms with Gasteiger partial charge >= 0.3 is 0 Å². The number of Topliss-reactive ketones (excluding diaryl/α,β-unsaturated/α-hetero) is 3. The molecule has 0 spiro atoms. The Morgan fingerprint density at radius 3 is 1.36 bits per heavy atom. The number of amides is 3. The van der Waals surface area contributed by atoms with E-state index in [1.807, 2.05) is 24.1 Å². The zero-order valence-electron chi connectivity index (χ0n) is 51.3. The lowest BCUT2D eigenvalue weighted by molar-refractivity contribution is 0.0680. The van der Waals surface area contributed by atoms with Crippen LogP contribution in [0.15, 0.2) is 190 Å². The zero-order chi connectivity index (χ0) is 69.3. The Labute approximate surface area is 599 Å². The molecule has 6 aromatic carbocycles. The first-order valence-electron chi connectivity index (χ1n) is 29.5. The van der Waals surface area contributed by atoms with Gasteiger partial charge in [0.05, 0.1) is 34.8 Å². The van der Waals surface area contributed by atoms with Gasteiger partial charge in [-0.3, -0.25) is 44.6 Å². The smallest absolute Gasteiger partial charge is 0.257 e. The van der Waals surface area contributed by atoms with Crippen LogP contribution in [0.25, 0.3) is 0 Å². The third kappa shape index (κ3) is 20.0. The van der Waals surface area contributed by atoms with Crippen molar-refractivity contribution >= 4 is 160 Å². The summed E-state index contributed by atoms with van der Waals surface area (Å²) in [6, 6.07) is 43.6. The van der Waals surface area contributed by atoms with Crippen LogP contribution in [0.4, 0.5) is 17.5 Å². The van der Waals surface area contributed by atoms with Crippen LogP contribution >= 0.6 is 89.9 Å². The number of ketones is 3. The van der Waals surface area contributed by atoms with Crippen molar-refractivity contribution in [3.63, 3.8) is 0 Å². The first-order valence-corrected chi connectivity index (χ1v) is 32.9. The summed E-state index contributed by atoms with van der Waals surface area (Å²) in [4.78, 5) is 102. The number of nitrogens with two attached hydrogens (primary N) is 1. The number of aliphatic imine (C=N–C) groups is 1. The molecule has 0 radical (unpaired) electrons. The van der Waals surface area contributed by atoms with E-state index in [-0.39, 0.29) is 64.0 Å². The van der Waals surface area contributed by atoms with Crippen molar-refractivity contribution in [2.45, 2.75) is 19.3 Å². The molecule has 0 atom stereocenters. The second-order valence-electron chi connectivity index (χ2n) is 21.5. The number of carbonyl (C=O) groups excluding carboxylic acids is 6. The first kappa shape index (κ1) is 72.2. The molecule has 0 unspecified atom stereocenters. The maximum atomic E-state index is 13.0. The zero-order valence-corrected chi connectivity index (χ0v) is 58.2. The number of aromatic nitrogens is 3. The van der Waals surface area contributed by atoms with Gasteiger partial charge in [0.25, 0.3) is 17.7 Å². The van der Waals surface area contributed by atoms with Gasteiger partial charge in [-0.05, 0) is 102 Å². The summed E-state index contributed by atoms with van der Waals surface area (Å²) in [6.07, 6.45) is 4.32. The summed E-state index contributed by atoms with van der Waals surface area (Å²) in [6.45, 7) is 4.21. The monoisotopic (exact) mass is 1530 g/mol. The number of anilines is 3. The highest BCUT2D eigenvalue weighted by molar-refractivity contribution is 9.10. The number of likely N-dealkylation sites (N-methyl/N-ethyl adjacent to an activating group) is 1. The molecule has 2 aliphatic heterocycles. The van der Waals surface area contributed by atoms with Crippen LogP contribution < -0.4 is 21.8 Å². The molecule has 2 aliphatic rings. The predicted octanol–water partition coefficient (Wildman–Crippen LogP) is 14.6. The third-order valence-electron chi connectivity index (χ3n) is 14.9. The Bertz CT molecular complexity index is 4460. The molecule has 1 saturated heterocycles. The summed E-state index contributed by atoms with van der Waals surface area (Å²) in [5, 5.41) is 26.0. The topological polar surface area (TPSA) is 288 Å². The largest absolute Gasteiger partial charge is 0.391 e. The van der Waals surface area contributed by atoms with Gasteiger partial charge in [-0.25, -0.2) is 15.0 Å². The highest BCUT2D eigenvalue weighted by Crippen LogP contribution is 2.29. The fraction of sp³-hybridized carbons (Fsp3) is 0.143. The van der Waals surface area contributed by atoms with Gasteiger partial charge in [-0.1, -0.05) is 163 Å². The molecule has 20 nitrogen and oxygen atoms in total. The lowest BCUT2D eigenvalue weighted by Gasteiger charge is -2.29. The Morgan fingerprint density at radius 2 is 0.938 bits per heavy atom. The number of benzene rings is 6. The van der Waals surface area contributed by atoms with Gasteiger partial charge in [-0.15, -0.1) is 0 Å². The number of halogens is 7. The standard InChI is InChI=1S/C25H22BrClN4O3.C24H19Cl3N4O2.C21H16BrClN4O3/c26-19-6-5-18(21(14-19)25(33)30-23-8-7-20(27)15-29-23)13-22(32)16-1-3-17(4-2-16)24(28)31-9-11-34-12-10-31;1-31-9-8-28-23(31)15-4-2-14(3-5-15)21(32)12-18-19(10-17(26)11-20(18)27)24(33)30-22-7-6-16(25)13-29-22;22-15-6-5-14(9-18(28)12-1-3-13(4-2-12)20(24)30-25)17(10-15)21(29)27-19-8-7-16(23)11-26-19/h1-8,14-15,28H,9-13H2,(H,29,30,33);2-7,10-11,13H,8-9,12H2,1H3,(H,29,30,33);1-8,10-11,24H,9,25H2,(H,26,27,29). The quantitative estimate of drug-likeness (QED) is 0.0202. The lowest BCUT2D eigenvalue weighted by atomic mass is 9.97. The molecule has 5 heterocycles. The van der Waals surface area contributed by atoms with E-state index >= 15 is 0 Å². The van der Waals surface area contributed by atoms with Crippen molar-refractivity contribution in [3.8, 4) is 0 Å². The van der Waals surface area contributed by atoms with Gasteiger partial charge in [-0.2, -0.15) is 5.90 Å². The minimum atomic E-state index is -0.477. The predicted molar refractivity (Wildman–Crippen MR) is 385 cm³/mol. The maximum absolute atomic E-state index is 13.0. The number of morpholine rings is 1. The molecular formula is C70H57Br2Cl5N12O8. The normalized spacial score (nSPS) is 12.4. The fourth-order valence-electron chi connectivity index (χ4n) is 9.84. The summed E-state index contributed by atoms with van der Waals surface area (Å²) in [5.74, 6) is 5.43. The van der Waals surface area contributed by atoms with Crippen LogP contribution in [0.3, 0.4) is 0 Å². The van der Waals surface area contributed by atoms with Crippen molar-refractivity contribution in [1.82, 2.24) is 24.8 Å². The van der Waals surface area contributed by atoms with E-state index in [2.05, 4.69) is 77.5 Å². The summed E-state index contributed by atoms with van der Waals surface area (Å²) < 4.78 is 6.77. The summed E-state index contributed by atoms with van der Waals surface area (Å²) in [5.41, 5.74) is 6.12. The molecule has 3 aromatic heterocycles. The van der Waals surface area contributed by atoms with Crippen LogP contribution in [0.1, 0.15) is 95.5 Å². The number of nitrogens with zero attached hydrogens (tertiary/aromatic N) is 6. The van der Waals surface area contributed by atoms with Crippen molar-refractivity contribution < 1.29 is 38.3 Å². The van der Waals surface area contributed by atoms with Crippen LogP contribution in [-0.2, 0) is 28.8 Å². The molecule has 0 saturated carbocycles. The number of pyridine rings is 3. The second kappa shape index (κ2) is 34.2. The number of nitrogens with one attached hydrogen (secondary N) is 5. The average Bonchev–Trinajstić information content (AvgIpc) is 1.14. The number of rotatable bonds is 18. The van der Waals surface area contributed by atoms with Gasteiger partial charge in [0.15, 0.2) is 17.3 Å². The molecule has 11 rings (SSSR count). The fourth-order valence-corrected chi connectivity index (χ4v) is 11.5. The van der Waals surface area contributed by atoms with E-state index in [1.165, 1.54) is 30.7 Å². The molecule has 1 fully saturated rings. The molecule has 9 aromatic rings. The van der Waals surface area contributed by atoms with Crippen molar-refractivity contribution in [2.75, 3.05) is 62.4 Å². The number of hydrogen-bond acceptors (Lipinski definition) is 16. The average molecular weight is 1530 g/mol. The van der Waals surface area contributed by atoms with Crippen LogP contribution in [0.5, 0.6) is 0 Å². The van der Waals surface area contributed by atoms with Gasteiger partial charge < -0.3 is 35.3 Å². The lowest BCUT2D eigenvalue weighted by Crippen LogP contribution is -2.40. The van der Waals surface area contributed by atoms with Gasteiger partial charge in [0.2, 0.25) is 5.90 Å². The van der Waals surface area contributed by atoms with E-state index in [4.69, 9.17) is 79.5 Å². The number of ether oxygens (including phenoxy) is 1.